The molecule has 0 radical (unpaired) electrons. The van der Waals surface area contributed by atoms with Gasteiger partial charge in [-0.2, -0.15) is 0 Å². The fourth-order valence-corrected chi connectivity index (χ4v) is 4.58. The first-order valence-electron chi connectivity index (χ1n) is 9.70. The SMILES string of the molecule is CC1(C)CN2CCN(C(=O)CCc3ccccc3)CC2c2ccccc21. The van der Waals surface area contributed by atoms with E-state index < -0.39 is 0 Å². The molecule has 4 rings (SSSR count). The molecule has 2 aliphatic heterocycles. The van der Waals surface area contributed by atoms with Crippen molar-refractivity contribution in [3.05, 3.63) is 71.3 Å². The highest BCUT2D eigenvalue weighted by atomic mass is 16.2. The van der Waals surface area contributed by atoms with E-state index in [1.807, 2.05) is 18.2 Å². The average molecular weight is 348 g/mol. The van der Waals surface area contributed by atoms with Gasteiger partial charge in [-0.1, -0.05) is 68.4 Å². The van der Waals surface area contributed by atoms with Crippen molar-refractivity contribution < 1.29 is 4.79 Å². The predicted octanol–water partition coefficient (Wildman–Crippen LogP) is 3.80. The Bertz CT molecular complexity index is 784. The van der Waals surface area contributed by atoms with Gasteiger partial charge in [0.15, 0.2) is 0 Å². The van der Waals surface area contributed by atoms with E-state index >= 15 is 0 Å². The van der Waals surface area contributed by atoms with Crippen molar-refractivity contribution in [1.29, 1.82) is 0 Å². The molecule has 0 bridgehead atoms. The average Bonchev–Trinajstić information content (AvgIpc) is 2.66. The molecule has 1 amide bonds. The maximum atomic E-state index is 12.8. The molecule has 0 spiro atoms. The second kappa shape index (κ2) is 6.88. The molecular formula is C23H28N2O. The Kier molecular flexibility index (Phi) is 4.58. The fraction of sp³-hybridized carbons (Fsp3) is 0.435. The van der Waals surface area contributed by atoms with Crippen LogP contribution < -0.4 is 0 Å². The second-order valence-electron chi connectivity index (χ2n) is 8.28. The lowest BCUT2D eigenvalue weighted by atomic mass is 9.75. The first-order valence-corrected chi connectivity index (χ1v) is 9.70. The monoisotopic (exact) mass is 348 g/mol. The molecule has 1 atom stereocenters. The van der Waals surface area contributed by atoms with Gasteiger partial charge in [-0.05, 0) is 23.1 Å². The number of rotatable bonds is 3. The van der Waals surface area contributed by atoms with Crippen molar-refractivity contribution in [2.45, 2.75) is 38.1 Å². The van der Waals surface area contributed by atoms with Crippen LogP contribution in [0.1, 0.15) is 43.0 Å². The van der Waals surface area contributed by atoms with E-state index in [0.29, 0.717) is 12.5 Å². The van der Waals surface area contributed by atoms with E-state index in [4.69, 9.17) is 0 Å². The van der Waals surface area contributed by atoms with Crippen LogP contribution in [0.2, 0.25) is 0 Å². The van der Waals surface area contributed by atoms with Crippen LogP contribution in [-0.4, -0.2) is 41.9 Å². The molecule has 136 valence electrons. The molecule has 26 heavy (non-hydrogen) atoms. The van der Waals surface area contributed by atoms with Crippen molar-refractivity contribution >= 4 is 5.91 Å². The van der Waals surface area contributed by atoms with Crippen molar-refractivity contribution in [2.75, 3.05) is 26.2 Å². The van der Waals surface area contributed by atoms with E-state index in [2.05, 4.69) is 60.0 Å². The third-order valence-corrected chi connectivity index (χ3v) is 5.96. The third-order valence-electron chi connectivity index (χ3n) is 5.96. The Labute approximate surface area is 156 Å². The van der Waals surface area contributed by atoms with Gasteiger partial charge in [0, 0.05) is 38.0 Å². The standard InChI is InChI=1S/C23H28N2O/c1-23(2)17-25-15-14-24(16-21(25)19-10-6-7-11-20(19)23)22(26)13-12-18-8-4-3-5-9-18/h3-11,21H,12-17H2,1-2H3. The predicted molar refractivity (Wildman–Crippen MR) is 105 cm³/mol. The van der Waals surface area contributed by atoms with Gasteiger partial charge in [-0.3, -0.25) is 9.69 Å². The minimum atomic E-state index is 0.173. The van der Waals surface area contributed by atoms with Crippen LogP contribution in [-0.2, 0) is 16.6 Å². The van der Waals surface area contributed by atoms with Crippen LogP contribution in [0.25, 0.3) is 0 Å². The Balaban J connectivity index is 1.47. The van der Waals surface area contributed by atoms with Crippen LogP contribution >= 0.6 is 0 Å². The molecular weight excluding hydrogens is 320 g/mol. The van der Waals surface area contributed by atoms with E-state index in [-0.39, 0.29) is 11.3 Å². The van der Waals surface area contributed by atoms with E-state index in [1.165, 1.54) is 16.7 Å². The highest BCUT2D eigenvalue weighted by molar-refractivity contribution is 5.76. The minimum absolute atomic E-state index is 0.173. The summed E-state index contributed by atoms with van der Waals surface area (Å²) < 4.78 is 0. The summed E-state index contributed by atoms with van der Waals surface area (Å²) in [7, 11) is 0. The number of fused-ring (bicyclic) bond motifs is 3. The van der Waals surface area contributed by atoms with Gasteiger partial charge in [-0.15, -0.1) is 0 Å². The van der Waals surface area contributed by atoms with E-state index in [1.54, 1.807) is 0 Å². The summed E-state index contributed by atoms with van der Waals surface area (Å²) in [5, 5.41) is 0. The van der Waals surface area contributed by atoms with Crippen molar-refractivity contribution in [3.63, 3.8) is 0 Å². The highest BCUT2D eigenvalue weighted by Gasteiger charge is 2.40. The zero-order valence-electron chi connectivity index (χ0n) is 15.8. The molecule has 2 aromatic carbocycles. The summed E-state index contributed by atoms with van der Waals surface area (Å²) in [5.41, 5.74) is 4.26. The zero-order valence-corrected chi connectivity index (χ0v) is 15.8. The lowest BCUT2D eigenvalue weighted by molar-refractivity contribution is -0.134. The molecule has 2 heterocycles. The van der Waals surface area contributed by atoms with Crippen molar-refractivity contribution in [2.24, 2.45) is 0 Å². The summed E-state index contributed by atoms with van der Waals surface area (Å²) in [5.74, 6) is 0.288. The number of benzene rings is 2. The van der Waals surface area contributed by atoms with Crippen LogP contribution in [0.15, 0.2) is 54.6 Å². The number of carbonyl (C=O) groups excluding carboxylic acids is 1. The van der Waals surface area contributed by atoms with Gasteiger partial charge < -0.3 is 4.90 Å². The normalized spacial score (nSPS) is 21.8. The largest absolute Gasteiger partial charge is 0.339 e. The summed E-state index contributed by atoms with van der Waals surface area (Å²) in [6, 6.07) is 19.4. The van der Waals surface area contributed by atoms with E-state index in [9.17, 15) is 4.79 Å². The summed E-state index contributed by atoms with van der Waals surface area (Å²) in [6.07, 6.45) is 1.43. The lowest BCUT2D eigenvalue weighted by Gasteiger charge is -2.50. The lowest BCUT2D eigenvalue weighted by Crippen LogP contribution is -2.55. The molecule has 1 fully saturated rings. The molecule has 1 unspecified atom stereocenters. The number of piperazine rings is 1. The molecule has 0 N–H and O–H groups in total. The minimum Gasteiger partial charge on any atom is -0.339 e. The molecule has 0 aromatic heterocycles. The Morgan fingerprint density at radius 3 is 2.58 bits per heavy atom. The Morgan fingerprint density at radius 2 is 1.77 bits per heavy atom. The van der Waals surface area contributed by atoms with Crippen LogP contribution in [0.3, 0.4) is 0 Å². The first-order chi connectivity index (χ1) is 12.5. The van der Waals surface area contributed by atoms with Crippen LogP contribution in [0.5, 0.6) is 0 Å². The number of amides is 1. The van der Waals surface area contributed by atoms with Crippen LogP contribution in [0, 0.1) is 0 Å². The Hall–Kier alpha value is -2.13. The number of hydrogen-bond acceptors (Lipinski definition) is 2. The molecule has 3 heteroatoms. The van der Waals surface area contributed by atoms with Crippen molar-refractivity contribution in [3.8, 4) is 0 Å². The molecule has 3 nitrogen and oxygen atoms in total. The summed E-state index contributed by atoms with van der Waals surface area (Å²) >= 11 is 0. The summed E-state index contributed by atoms with van der Waals surface area (Å²) in [4.78, 5) is 17.4. The third kappa shape index (κ3) is 3.28. The van der Waals surface area contributed by atoms with Gasteiger partial charge in [0.1, 0.15) is 0 Å². The molecule has 1 saturated heterocycles. The zero-order chi connectivity index (χ0) is 18.1. The molecule has 2 aliphatic rings. The molecule has 0 aliphatic carbocycles. The van der Waals surface area contributed by atoms with Gasteiger partial charge in [0.05, 0.1) is 6.04 Å². The van der Waals surface area contributed by atoms with Gasteiger partial charge >= 0.3 is 0 Å². The smallest absolute Gasteiger partial charge is 0.223 e. The fourth-order valence-electron chi connectivity index (χ4n) is 4.58. The second-order valence-corrected chi connectivity index (χ2v) is 8.28. The number of hydrogen-bond donors (Lipinski definition) is 0. The van der Waals surface area contributed by atoms with Gasteiger partial charge in [-0.25, -0.2) is 0 Å². The van der Waals surface area contributed by atoms with Gasteiger partial charge in [0.25, 0.3) is 0 Å². The quantitative estimate of drug-likeness (QED) is 0.842. The number of nitrogens with zero attached hydrogens (tertiary/aromatic N) is 2. The van der Waals surface area contributed by atoms with Gasteiger partial charge in [0.2, 0.25) is 5.91 Å². The topological polar surface area (TPSA) is 23.6 Å². The maximum absolute atomic E-state index is 12.8. The highest BCUT2D eigenvalue weighted by Crippen LogP contribution is 2.40. The summed E-state index contributed by atoms with van der Waals surface area (Å²) in [6.45, 7) is 8.38. The van der Waals surface area contributed by atoms with Crippen molar-refractivity contribution in [1.82, 2.24) is 9.80 Å². The molecule has 0 saturated carbocycles. The molecule has 2 aromatic rings. The number of aryl methyl sites for hydroxylation is 1. The maximum Gasteiger partial charge on any atom is 0.223 e. The Morgan fingerprint density at radius 1 is 1.04 bits per heavy atom. The first kappa shape index (κ1) is 17.3. The number of carbonyl (C=O) groups is 1. The van der Waals surface area contributed by atoms with E-state index in [0.717, 1.165) is 32.6 Å². The van der Waals surface area contributed by atoms with Crippen LogP contribution in [0.4, 0.5) is 0 Å².